The largest absolute Gasteiger partial charge is 0.380 e. The first-order valence-corrected chi connectivity index (χ1v) is 8.55. The molecule has 0 fully saturated rings. The summed E-state index contributed by atoms with van der Waals surface area (Å²) in [6.07, 6.45) is 4.83. The van der Waals surface area contributed by atoms with Crippen LogP contribution in [0.15, 0.2) is 65.7 Å². The SMILES string of the molecule is Cc1cc(NCc2cccnc2)c(C=O)c(=O)n1CCc1ccccc1. The number of carbonyl (C=O) groups excluding carboxylic acids is 1. The van der Waals surface area contributed by atoms with Crippen molar-refractivity contribution in [3.05, 3.63) is 93.7 Å². The Balaban J connectivity index is 1.82. The second kappa shape index (κ2) is 8.25. The fourth-order valence-corrected chi connectivity index (χ4v) is 2.91. The molecule has 3 aromatic rings. The number of nitrogens with one attached hydrogen (secondary N) is 1. The molecule has 0 aliphatic rings. The molecule has 0 saturated carbocycles. The predicted octanol–water partition coefficient (Wildman–Crippen LogP) is 3.22. The highest BCUT2D eigenvalue weighted by molar-refractivity contribution is 5.83. The molecule has 0 atom stereocenters. The molecule has 0 bridgehead atoms. The highest BCUT2D eigenvalue weighted by Gasteiger charge is 2.12. The van der Waals surface area contributed by atoms with Crippen LogP contribution in [-0.4, -0.2) is 15.8 Å². The molecule has 0 radical (unpaired) electrons. The second-order valence-corrected chi connectivity index (χ2v) is 6.14. The Bertz CT molecular complexity index is 935. The first kappa shape index (κ1) is 17.6. The molecule has 2 aromatic heterocycles. The van der Waals surface area contributed by atoms with E-state index < -0.39 is 0 Å². The van der Waals surface area contributed by atoms with Crippen molar-refractivity contribution in [3.8, 4) is 0 Å². The number of pyridine rings is 2. The van der Waals surface area contributed by atoms with Gasteiger partial charge < -0.3 is 9.88 Å². The molecule has 1 N–H and O–H groups in total. The lowest BCUT2D eigenvalue weighted by Crippen LogP contribution is -2.27. The molecule has 1 aromatic carbocycles. The number of benzene rings is 1. The van der Waals surface area contributed by atoms with Crippen LogP contribution < -0.4 is 10.9 Å². The molecule has 0 amide bonds. The predicted molar refractivity (Wildman–Crippen MR) is 103 cm³/mol. The molecule has 5 nitrogen and oxygen atoms in total. The normalized spacial score (nSPS) is 10.5. The average molecular weight is 347 g/mol. The lowest BCUT2D eigenvalue weighted by molar-refractivity contribution is 0.112. The highest BCUT2D eigenvalue weighted by atomic mass is 16.1. The fraction of sp³-hybridized carbons (Fsp3) is 0.190. The van der Waals surface area contributed by atoms with Crippen LogP contribution in [0.4, 0.5) is 5.69 Å². The van der Waals surface area contributed by atoms with Gasteiger partial charge in [-0.15, -0.1) is 0 Å². The molecule has 2 heterocycles. The summed E-state index contributed by atoms with van der Waals surface area (Å²) >= 11 is 0. The minimum absolute atomic E-state index is 0.160. The molecule has 0 spiro atoms. The summed E-state index contributed by atoms with van der Waals surface area (Å²) in [5, 5.41) is 3.18. The molecule has 26 heavy (non-hydrogen) atoms. The van der Waals surface area contributed by atoms with E-state index in [4.69, 9.17) is 0 Å². The zero-order chi connectivity index (χ0) is 18.4. The average Bonchev–Trinajstić information content (AvgIpc) is 2.67. The van der Waals surface area contributed by atoms with Crippen molar-refractivity contribution in [2.24, 2.45) is 0 Å². The summed E-state index contributed by atoms with van der Waals surface area (Å²) in [5.74, 6) is 0. The highest BCUT2D eigenvalue weighted by Crippen LogP contribution is 2.14. The number of hydrogen-bond donors (Lipinski definition) is 1. The van der Waals surface area contributed by atoms with Crippen molar-refractivity contribution in [1.29, 1.82) is 0 Å². The van der Waals surface area contributed by atoms with E-state index in [0.29, 0.717) is 25.1 Å². The van der Waals surface area contributed by atoms with Crippen LogP contribution in [0.25, 0.3) is 0 Å². The van der Waals surface area contributed by atoms with Gasteiger partial charge in [-0.05, 0) is 36.6 Å². The zero-order valence-corrected chi connectivity index (χ0v) is 14.7. The number of nitrogens with zero attached hydrogens (tertiary/aromatic N) is 2. The number of aldehydes is 1. The molecule has 5 heteroatoms. The van der Waals surface area contributed by atoms with Crippen molar-refractivity contribution < 1.29 is 4.79 Å². The van der Waals surface area contributed by atoms with Gasteiger partial charge >= 0.3 is 0 Å². The molecule has 0 aliphatic carbocycles. The molecular weight excluding hydrogens is 326 g/mol. The van der Waals surface area contributed by atoms with E-state index >= 15 is 0 Å². The number of carbonyl (C=O) groups is 1. The molecule has 132 valence electrons. The van der Waals surface area contributed by atoms with Crippen LogP contribution in [0.5, 0.6) is 0 Å². The number of anilines is 1. The summed E-state index contributed by atoms with van der Waals surface area (Å²) in [6, 6.07) is 15.6. The third kappa shape index (κ3) is 4.06. The van der Waals surface area contributed by atoms with Gasteiger partial charge in [-0.25, -0.2) is 0 Å². The van der Waals surface area contributed by atoms with Gasteiger partial charge in [-0.1, -0.05) is 36.4 Å². The van der Waals surface area contributed by atoms with E-state index in [1.807, 2.05) is 55.5 Å². The molecule has 0 saturated heterocycles. The fourth-order valence-electron chi connectivity index (χ4n) is 2.91. The monoisotopic (exact) mass is 347 g/mol. The smallest absolute Gasteiger partial charge is 0.263 e. The topological polar surface area (TPSA) is 64.0 Å². The first-order valence-electron chi connectivity index (χ1n) is 8.55. The maximum Gasteiger partial charge on any atom is 0.263 e. The van der Waals surface area contributed by atoms with Gasteiger partial charge in [0, 0.05) is 31.2 Å². The zero-order valence-electron chi connectivity index (χ0n) is 14.7. The number of hydrogen-bond acceptors (Lipinski definition) is 4. The Morgan fingerprint density at radius 2 is 1.88 bits per heavy atom. The van der Waals surface area contributed by atoms with Crippen LogP contribution in [0.1, 0.15) is 27.2 Å². The third-order valence-electron chi connectivity index (χ3n) is 4.34. The molecule has 0 aliphatic heterocycles. The van der Waals surface area contributed by atoms with Crippen molar-refractivity contribution in [1.82, 2.24) is 9.55 Å². The van der Waals surface area contributed by atoms with Crippen molar-refractivity contribution in [2.75, 3.05) is 5.32 Å². The van der Waals surface area contributed by atoms with E-state index in [0.717, 1.165) is 23.2 Å². The van der Waals surface area contributed by atoms with Gasteiger partial charge in [0.05, 0.1) is 5.69 Å². The number of rotatable bonds is 7. The van der Waals surface area contributed by atoms with Gasteiger partial charge in [-0.2, -0.15) is 0 Å². The first-order chi connectivity index (χ1) is 12.7. The van der Waals surface area contributed by atoms with E-state index in [9.17, 15) is 9.59 Å². The lowest BCUT2D eigenvalue weighted by Gasteiger charge is -2.15. The van der Waals surface area contributed by atoms with Crippen LogP contribution in [0.2, 0.25) is 0 Å². The van der Waals surface area contributed by atoms with E-state index in [1.54, 1.807) is 17.0 Å². The van der Waals surface area contributed by atoms with Crippen molar-refractivity contribution in [2.45, 2.75) is 26.4 Å². The Hall–Kier alpha value is -3.21. The van der Waals surface area contributed by atoms with E-state index in [2.05, 4.69) is 10.3 Å². The number of aryl methyl sites for hydroxylation is 2. The van der Waals surface area contributed by atoms with Crippen molar-refractivity contribution >= 4 is 12.0 Å². The third-order valence-corrected chi connectivity index (χ3v) is 4.34. The number of aromatic nitrogens is 2. The van der Waals surface area contributed by atoms with Gasteiger partial charge in [0.2, 0.25) is 0 Å². The van der Waals surface area contributed by atoms with Crippen LogP contribution in [-0.2, 0) is 19.5 Å². The van der Waals surface area contributed by atoms with Crippen LogP contribution in [0, 0.1) is 6.92 Å². The van der Waals surface area contributed by atoms with Gasteiger partial charge in [0.15, 0.2) is 6.29 Å². The maximum absolute atomic E-state index is 12.8. The lowest BCUT2D eigenvalue weighted by atomic mass is 10.1. The van der Waals surface area contributed by atoms with Gasteiger partial charge in [0.25, 0.3) is 5.56 Å². The van der Waals surface area contributed by atoms with Gasteiger partial charge in [-0.3, -0.25) is 14.6 Å². The van der Waals surface area contributed by atoms with Gasteiger partial charge in [0.1, 0.15) is 5.56 Å². The summed E-state index contributed by atoms with van der Waals surface area (Å²) in [4.78, 5) is 28.4. The summed E-state index contributed by atoms with van der Waals surface area (Å²) in [7, 11) is 0. The Morgan fingerprint density at radius 1 is 1.12 bits per heavy atom. The Labute approximate surface area is 152 Å². The Morgan fingerprint density at radius 3 is 2.58 bits per heavy atom. The molecular formula is C21H21N3O2. The van der Waals surface area contributed by atoms with E-state index in [-0.39, 0.29) is 11.1 Å². The van der Waals surface area contributed by atoms with Crippen LogP contribution >= 0.6 is 0 Å². The van der Waals surface area contributed by atoms with Crippen molar-refractivity contribution in [3.63, 3.8) is 0 Å². The van der Waals surface area contributed by atoms with E-state index in [1.165, 1.54) is 0 Å². The van der Waals surface area contributed by atoms with Crippen LogP contribution in [0.3, 0.4) is 0 Å². The molecule has 3 rings (SSSR count). The Kier molecular flexibility index (Phi) is 5.59. The minimum Gasteiger partial charge on any atom is -0.380 e. The second-order valence-electron chi connectivity index (χ2n) is 6.14. The quantitative estimate of drug-likeness (QED) is 0.667. The standard InChI is InChI=1S/C21H21N3O2/c1-16-12-20(23-14-18-8-5-10-22-13-18)19(15-25)21(26)24(16)11-9-17-6-3-2-4-7-17/h2-8,10,12-13,15,23H,9,11,14H2,1H3. The summed E-state index contributed by atoms with van der Waals surface area (Å²) in [5.41, 5.74) is 3.42. The molecule has 0 unspecified atom stereocenters. The summed E-state index contributed by atoms with van der Waals surface area (Å²) < 4.78 is 1.66. The maximum atomic E-state index is 12.8. The summed E-state index contributed by atoms with van der Waals surface area (Å²) in [6.45, 7) is 2.93. The minimum atomic E-state index is -0.260.